The van der Waals surface area contributed by atoms with Gasteiger partial charge in [0.1, 0.15) is 27.8 Å². The standard InChI is InChI=1S/C24H39N5O4.C24H37N5O4.C16H26N4O4.C16H24N2O5.C14H22N4O4.C10H17NO.CH4/c2*1-14(2)13-33-21-18(12-26-29(21)6-5-23(3,4)28-22(25)31)20(30)27-19-16-7-15-8-17(19)11-24(32,9-15)10-16;1-6-23-14(21)12-9-18-20(13(12)24-10-11(2)3)8-7-16(4,5)19-15(17)22;1-6-22-14(19)12-9-17-18(13(12)23-10-11(2)3)8-7-16(4,5)15(20)21;1-9(2)8-22-11-10(12(19)20)7-16-18(11)6-5-14(3,4)17-13(15)21;11-9-7-1-6-2-8(9)5-10(12,3-6)4-7;/h12,14-17,19,32H,5-11,13H2,1-4H3,(H,27,30)(H3,25,28,31);5-6,12,14-17,19,32H,7-11,13H2,1-4H3,(H,27,30)(H3,25,28,31);7-9,11H,6,10H2,1-5H3,(H3,17,19,22);7-9,11H,6,10H2,1-5H3,(H,20,21);5-7,9H,8H2,1-4H3,(H,19,20)(H3,15,17,21);6-9,12H,1-5,11H2;1H4/b;6-5+;2*8-7+;6-5+;;. The maximum Gasteiger partial charge on any atom is 0.345 e. The molecule has 0 aliphatic heterocycles. The first-order valence-electron chi connectivity index (χ1n) is 51.5. The quantitative estimate of drug-likeness (QED) is 0.0162. The Morgan fingerprint density at radius 3 is 0.966 bits per heavy atom. The molecule has 6 unspecified atom stereocenters. The fourth-order valence-corrected chi connectivity index (χ4v) is 21.3. The number of carboxylic acids is 2. The summed E-state index contributed by atoms with van der Waals surface area (Å²) >= 11 is 0. The third-order valence-electron chi connectivity index (χ3n) is 27.5. The van der Waals surface area contributed by atoms with Crippen molar-refractivity contribution in [3.63, 3.8) is 0 Å². The van der Waals surface area contributed by atoms with E-state index in [0.29, 0.717) is 134 Å². The molecular weight excluding hydrogens is 1910 g/mol. The smallest absolute Gasteiger partial charge is 0.345 e. The molecule has 5 heterocycles. The number of nitrogens with zero attached hydrogens (tertiary/aromatic N) is 10. The molecule has 826 valence electrons. The van der Waals surface area contributed by atoms with Gasteiger partial charge in [-0.1, -0.05) is 76.7 Å². The summed E-state index contributed by atoms with van der Waals surface area (Å²) in [6, 6.07) is -1.91. The number of amides is 10. The molecule has 0 radical (unpaired) electrons. The first kappa shape index (κ1) is 121. The number of urea groups is 4. The molecule has 10 amide bonds. The second-order valence-electron chi connectivity index (χ2n) is 46.3. The summed E-state index contributed by atoms with van der Waals surface area (Å²) in [4.78, 5) is 117. The normalized spacial score (nSPS) is 24.2. The molecule has 12 aliphatic rings. The van der Waals surface area contributed by atoms with Gasteiger partial charge in [-0.3, -0.25) is 14.4 Å². The van der Waals surface area contributed by atoms with Crippen LogP contribution in [0.4, 0.5) is 19.2 Å². The minimum absolute atomic E-state index is 0. The highest BCUT2D eigenvalue weighted by Crippen LogP contribution is 2.58. The van der Waals surface area contributed by atoms with Crippen LogP contribution >= 0.6 is 0 Å². The molecule has 43 nitrogen and oxygen atoms in total. The van der Waals surface area contributed by atoms with E-state index < -0.39 is 86.8 Å². The summed E-state index contributed by atoms with van der Waals surface area (Å²) in [5.41, 5.74) is 23.1. The number of hydrogen-bond donors (Lipinski definition) is 16. The number of carbonyl (C=O) groups is 10. The number of carboxylic acid groups (broad SMARTS) is 2. The van der Waals surface area contributed by atoms with Gasteiger partial charge in [-0.05, 0) is 293 Å². The van der Waals surface area contributed by atoms with E-state index in [1.165, 1.54) is 74.8 Å². The molecule has 0 aromatic carbocycles. The fourth-order valence-electron chi connectivity index (χ4n) is 21.3. The van der Waals surface area contributed by atoms with E-state index in [0.717, 1.165) is 89.4 Å². The molecule has 12 saturated carbocycles. The van der Waals surface area contributed by atoms with Crippen LogP contribution in [0.25, 0.3) is 24.8 Å². The van der Waals surface area contributed by atoms with Crippen LogP contribution in [-0.2, 0) is 20.8 Å². The Kier molecular flexibility index (Phi) is 41.9. The molecule has 43 heteroatoms. The first-order chi connectivity index (χ1) is 68.5. The second kappa shape index (κ2) is 51.3. The van der Waals surface area contributed by atoms with Crippen molar-refractivity contribution in [3.8, 4) is 29.4 Å². The molecule has 148 heavy (non-hydrogen) atoms. The molecule has 6 atom stereocenters. The number of nitrogens with two attached hydrogens (primary N) is 5. The van der Waals surface area contributed by atoms with Gasteiger partial charge in [-0.2, -0.15) is 25.5 Å². The number of aliphatic carboxylic acids is 1. The molecule has 0 saturated heterocycles. The van der Waals surface area contributed by atoms with Crippen molar-refractivity contribution in [2.24, 2.45) is 117 Å². The lowest BCUT2D eigenvalue weighted by Gasteiger charge is -2.58. The van der Waals surface area contributed by atoms with E-state index in [4.69, 9.17) is 72.0 Å². The number of esters is 2. The van der Waals surface area contributed by atoms with Crippen molar-refractivity contribution in [3.05, 3.63) is 83.1 Å². The SMILES string of the molecule is C.CC(C)COc1c(C(=O)NC2C3CC4CC2CC(O)(C4)C3)cnn1/C=C/C(C)(C)NC(N)=O.CC(C)COc1c(C(=O)NC2C3CC4CC2CC(O)(C4)C3)cnn1CCC(C)(C)NC(N)=O.CC(C)COc1c(C(=O)O)cnn1/C=C/C(C)(C)NC(N)=O.CCOC(=O)c1cnn(/C=C/C(C)(C)C(=O)O)c1OCC(C)C.CCOC(=O)c1cnn(/C=C/C(C)(C)NC(N)=O)c1OCC(C)C.NC1C2CC3CC1CC(O)(C3)C2. The zero-order chi connectivity index (χ0) is 109. The highest BCUT2D eigenvalue weighted by atomic mass is 16.5. The Bertz CT molecular complexity index is 5410. The zero-order valence-electron chi connectivity index (χ0n) is 89.8. The van der Waals surface area contributed by atoms with Crippen LogP contribution in [0, 0.1) is 88.3 Å². The van der Waals surface area contributed by atoms with Crippen molar-refractivity contribution in [1.29, 1.82) is 0 Å². The van der Waals surface area contributed by atoms with E-state index >= 15 is 0 Å². The maximum atomic E-state index is 13.4. The molecule has 0 spiro atoms. The number of carbonyl (C=O) groups excluding carboxylic acids is 8. The average Bonchev–Trinajstić information content (AvgIpc) is 1.18. The number of hydrogen-bond acceptors (Lipinski definition) is 26. The van der Waals surface area contributed by atoms with E-state index in [-0.39, 0.29) is 102 Å². The van der Waals surface area contributed by atoms with Gasteiger partial charge in [0.2, 0.25) is 29.4 Å². The Balaban J connectivity index is 0.000000221. The van der Waals surface area contributed by atoms with Crippen molar-refractivity contribution >= 4 is 84.6 Å². The molecule has 17 rings (SSSR count). The van der Waals surface area contributed by atoms with Gasteiger partial charge in [0.25, 0.3) is 11.8 Å². The highest BCUT2D eigenvalue weighted by molar-refractivity contribution is 5.98. The van der Waals surface area contributed by atoms with Crippen molar-refractivity contribution in [2.75, 3.05) is 46.2 Å². The zero-order valence-corrected chi connectivity index (χ0v) is 89.8. The van der Waals surface area contributed by atoms with Crippen LogP contribution in [0.5, 0.6) is 29.4 Å². The Morgan fingerprint density at radius 1 is 0.399 bits per heavy atom. The van der Waals surface area contributed by atoms with Crippen molar-refractivity contribution in [2.45, 2.75) is 326 Å². The number of aromatic carboxylic acids is 1. The van der Waals surface area contributed by atoms with Gasteiger partial charge in [0.15, 0.2) is 0 Å². The van der Waals surface area contributed by atoms with Crippen molar-refractivity contribution in [1.82, 2.24) is 80.8 Å². The summed E-state index contributed by atoms with van der Waals surface area (Å²) in [7, 11) is 0. The summed E-state index contributed by atoms with van der Waals surface area (Å²) in [6.45, 7) is 44.1. The average molecular weight is 2080 g/mol. The maximum absolute atomic E-state index is 13.4. The second-order valence-corrected chi connectivity index (χ2v) is 46.3. The molecule has 5 aromatic rings. The first-order valence-corrected chi connectivity index (χ1v) is 51.5. The van der Waals surface area contributed by atoms with Gasteiger partial charge in [-0.15, -0.1) is 0 Å². The van der Waals surface area contributed by atoms with Crippen LogP contribution in [-0.4, -0.2) is 238 Å². The minimum Gasteiger partial charge on any atom is -0.481 e. The lowest BCUT2D eigenvalue weighted by molar-refractivity contribution is -0.144. The lowest BCUT2D eigenvalue weighted by Crippen LogP contribution is -2.61. The van der Waals surface area contributed by atoms with Crippen LogP contribution in [0.3, 0.4) is 0 Å². The van der Waals surface area contributed by atoms with Crippen LogP contribution in [0.1, 0.15) is 314 Å². The topological polar surface area (TPSA) is 628 Å². The predicted molar refractivity (Wildman–Crippen MR) is 559 cm³/mol. The summed E-state index contributed by atoms with van der Waals surface area (Å²) < 4.78 is 46.3. The van der Waals surface area contributed by atoms with Gasteiger partial charge in [0, 0.05) is 55.0 Å². The Labute approximate surface area is 869 Å². The third kappa shape index (κ3) is 34.7. The van der Waals surface area contributed by atoms with E-state index in [9.17, 15) is 63.3 Å². The van der Waals surface area contributed by atoms with Gasteiger partial charge >= 0.3 is 48.0 Å². The van der Waals surface area contributed by atoms with Gasteiger partial charge in [0.05, 0.1) is 116 Å². The van der Waals surface area contributed by atoms with Crippen LogP contribution in [0.15, 0.2) is 55.3 Å². The molecule has 12 bridgehead atoms. The van der Waals surface area contributed by atoms with Gasteiger partial charge < -0.3 is 119 Å². The largest absolute Gasteiger partial charge is 0.481 e. The van der Waals surface area contributed by atoms with Crippen molar-refractivity contribution < 1.29 is 107 Å². The Morgan fingerprint density at radius 2 is 0.669 bits per heavy atom. The highest BCUT2D eigenvalue weighted by Gasteiger charge is 2.58. The molecule has 21 N–H and O–H groups in total. The van der Waals surface area contributed by atoms with Crippen LogP contribution < -0.4 is 84.3 Å². The number of primary amides is 4. The summed E-state index contributed by atoms with van der Waals surface area (Å²) in [5, 5.41) is 88.2. The molecule has 12 aliphatic carbocycles. The van der Waals surface area contributed by atoms with E-state index in [2.05, 4.69) is 71.2 Å². The number of aryl methyl sites for hydroxylation is 1. The molecule has 12 fully saturated rings. The minimum atomic E-state index is -1.12. The monoisotopic (exact) mass is 2080 g/mol. The fraction of sp³-hybridized carbons (Fsp3) is 0.686. The van der Waals surface area contributed by atoms with E-state index in [1.54, 1.807) is 111 Å². The lowest BCUT2D eigenvalue weighted by atomic mass is 9.52. The predicted octanol–water partition coefficient (Wildman–Crippen LogP) is 12.7. The molecular formula is C105H169N21O22. The van der Waals surface area contributed by atoms with Crippen LogP contribution in [0.2, 0.25) is 0 Å². The number of aromatic nitrogens is 10. The summed E-state index contributed by atoms with van der Waals surface area (Å²) in [6.07, 6.45) is 35.3. The van der Waals surface area contributed by atoms with Gasteiger partial charge in [-0.25, -0.2) is 57.0 Å². The molecule has 5 aromatic heterocycles. The summed E-state index contributed by atoms with van der Waals surface area (Å²) in [5.74, 6) is 3.94. The van der Waals surface area contributed by atoms with E-state index in [1.807, 2.05) is 69.2 Å². The number of nitrogens with one attached hydrogen (secondary N) is 6. The number of ether oxygens (including phenoxy) is 7. The third-order valence-corrected chi connectivity index (χ3v) is 27.5. The number of aliphatic hydroxyl groups is 3. The number of rotatable bonds is 40. The Hall–Kier alpha value is -12.2.